The van der Waals surface area contributed by atoms with E-state index in [1.54, 1.807) is 0 Å². The number of halogens is 1. The van der Waals surface area contributed by atoms with E-state index in [9.17, 15) is 4.79 Å². The zero-order valence-electron chi connectivity index (χ0n) is 9.92. The molecule has 0 saturated heterocycles. The van der Waals surface area contributed by atoms with Gasteiger partial charge >= 0.3 is 0 Å². The monoisotopic (exact) mass is 284 g/mol. The zero-order valence-corrected chi connectivity index (χ0v) is 11.5. The van der Waals surface area contributed by atoms with Gasteiger partial charge in [-0.25, -0.2) is 0 Å². The predicted molar refractivity (Wildman–Crippen MR) is 69.1 cm³/mol. The number of rotatable bonds is 5. The van der Waals surface area contributed by atoms with E-state index >= 15 is 0 Å². The number of hydrogen-bond donors (Lipinski definition) is 0. The lowest BCUT2D eigenvalue weighted by molar-refractivity contribution is 0.0926. The van der Waals surface area contributed by atoms with Gasteiger partial charge in [0.15, 0.2) is 5.78 Å². The standard InChI is InChI=1S/C13H17BrO2/c1-4-9(3)13(15)11-7-6-10(16-5-2)8-12(11)14/h6-9H,4-5H2,1-3H3. The van der Waals surface area contributed by atoms with E-state index in [1.165, 1.54) is 0 Å². The second-order valence-corrected chi connectivity index (χ2v) is 4.60. The number of carbonyl (C=O) groups excluding carboxylic acids is 1. The van der Waals surface area contributed by atoms with E-state index in [0.29, 0.717) is 6.61 Å². The van der Waals surface area contributed by atoms with Crippen molar-refractivity contribution in [1.82, 2.24) is 0 Å². The molecule has 0 radical (unpaired) electrons. The molecule has 16 heavy (non-hydrogen) atoms. The van der Waals surface area contributed by atoms with E-state index in [2.05, 4.69) is 15.9 Å². The summed E-state index contributed by atoms with van der Waals surface area (Å²) in [5.74, 6) is 1.03. The minimum Gasteiger partial charge on any atom is -0.494 e. The van der Waals surface area contributed by atoms with E-state index < -0.39 is 0 Å². The number of carbonyl (C=O) groups is 1. The summed E-state index contributed by atoms with van der Waals surface area (Å²) in [4.78, 5) is 12.0. The van der Waals surface area contributed by atoms with Crippen molar-refractivity contribution in [3.8, 4) is 5.75 Å². The molecule has 1 aromatic rings. The van der Waals surface area contributed by atoms with E-state index in [-0.39, 0.29) is 11.7 Å². The number of Topliss-reactive ketones (excluding diaryl/α,β-unsaturated/α-hetero) is 1. The molecule has 0 heterocycles. The van der Waals surface area contributed by atoms with Gasteiger partial charge in [-0.1, -0.05) is 13.8 Å². The van der Waals surface area contributed by atoms with Crippen LogP contribution in [0.3, 0.4) is 0 Å². The fourth-order valence-corrected chi connectivity index (χ4v) is 1.96. The van der Waals surface area contributed by atoms with Crippen LogP contribution in [0.25, 0.3) is 0 Å². The van der Waals surface area contributed by atoms with Gasteiger partial charge in [0, 0.05) is 16.0 Å². The Kier molecular flexibility index (Phi) is 5.00. The molecule has 0 bridgehead atoms. The van der Waals surface area contributed by atoms with Crippen molar-refractivity contribution < 1.29 is 9.53 Å². The van der Waals surface area contributed by atoms with E-state index in [0.717, 1.165) is 22.2 Å². The molecule has 2 nitrogen and oxygen atoms in total. The van der Waals surface area contributed by atoms with Crippen molar-refractivity contribution in [3.05, 3.63) is 28.2 Å². The summed E-state index contributed by atoms with van der Waals surface area (Å²) >= 11 is 3.41. The maximum absolute atomic E-state index is 12.0. The Bertz CT molecular complexity index is 374. The molecule has 1 unspecified atom stereocenters. The van der Waals surface area contributed by atoms with Crippen LogP contribution in [-0.2, 0) is 0 Å². The lowest BCUT2D eigenvalue weighted by Crippen LogP contribution is -2.10. The molecular weight excluding hydrogens is 268 g/mol. The van der Waals surface area contributed by atoms with Gasteiger partial charge in [-0.2, -0.15) is 0 Å². The molecule has 1 aromatic carbocycles. The molecule has 0 aliphatic carbocycles. The van der Waals surface area contributed by atoms with Crippen LogP contribution in [-0.4, -0.2) is 12.4 Å². The van der Waals surface area contributed by atoms with Gasteiger partial charge in [0.2, 0.25) is 0 Å². The highest BCUT2D eigenvalue weighted by molar-refractivity contribution is 9.10. The summed E-state index contributed by atoms with van der Waals surface area (Å²) < 4.78 is 6.18. The highest BCUT2D eigenvalue weighted by atomic mass is 79.9. The highest BCUT2D eigenvalue weighted by Gasteiger charge is 2.16. The quantitative estimate of drug-likeness (QED) is 0.762. The molecule has 0 spiro atoms. The predicted octanol–water partition coefficient (Wildman–Crippen LogP) is 4.08. The average molecular weight is 285 g/mol. The minimum atomic E-state index is 0.0641. The third kappa shape index (κ3) is 3.08. The average Bonchev–Trinajstić information content (AvgIpc) is 2.28. The summed E-state index contributed by atoms with van der Waals surface area (Å²) in [6, 6.07) is 5.51. The first kappa shape index (κ1) is 13.2. The summed E-state index contributed by atoms with van der Waals surface area (Å²) in [6.07, 6.45) is 0.860. The van der Waals surface area contributed by atoms with Crippen molar-refractivity contribution in [2.75, 3.05) is 6.61 Å². The van der Waals surface area contributed by atoms with Crippen LogP contribution in [0.4, 0.5) is 0 Å². The Morgan fingerprint density at radius 3 is 2.62 bits per heavy atom. The number of hydrogen-bond acceptors (Lipinski definition) is 2. The van der Waals surface area contributed by atoms with E-state index in [1.807, 2.05) is 39.0 Å². The van der Waals surface area contributed by atoms with Crippen LogP contribution >= 0.6 is 15.9 Å². The van der Waals surface area contributed by atoms with Crippen LogP contribution < -0.4 is 4.74 Å². The molecular formula is C13H17BrO2. The van der Waals surface area contributed by atoms with Crippen LogP contribution in [0, 0.1) is 5.92 Å². The van der Waals surface area contributed by atoms with Crippen LogP contribution in [0.15, 0.2) is 22.7 Å². The van der Waals surface area contributed by atoms with Crippen molar-refractivity contribution >= 4 is 21.7 Å². The molecule has 0 fully saturated rings. The second-order valence-electron chi connectivity index (χ2n) is 3.75. The van der Waals surface area contributed by atoms with Crippen molar-refractivity contribution in [2.24, 2.45) is 5.92 Å². The Morgan fingerprint density at radius 2 is 2.12 bits per heavy atom. The van der Waals surface area contributed by atoms with Crippen LogP contribution in [0.5, 0.6) is 5.75 Å². The largest absolute Gasteiger partial charge is 0.494 e. The SMILES string of the molecule is CCOc1ccc(C(=O)C(C)CC)c(Br)c1. The Morgan fingerprint density at radius 1 is 1.44 bits per heavy atom. The zero-order chi connectivity index (χ0) is 12.1. The summed E-state index contributed by atoms with van der Waals surface area (Å²) in [6.45, 7) is 6.54. The molecule has 0 aromatic heterocycles. The maximum atomic E-state index is 12.0. The second kappa shape index (κ2) is 6.04. The molecule has 1 rings (SSSR count). The van der Waals surface area contributed by atoms with Gasteiger partial charge in [0.05, 0.1) is 6.61 Å². The third-order valence-electron chi connectivity index (χ3n) is 2.58. The summed E-state index contributed by atoms with van der Waals surface area (Å²) in [7, 11) is 0. The van der Waals surface area contributed by atoms with Gasteiger partial charge in [-0.3, -0.25) is 4.79 Å². The molecule has 0 aliphatic heterocycles. The first-order chi connectivity index (χ1) is 7.60. The first-order valence-corrected chi connectivity index (χ1v) is 6.36. The van der Waals surface area contributed by atoms with Crippen LogP contribution in [0.1, 0.15) is 37.6 Å². The highest BCUT2D eigenvalue weighted by Crippen LogP contribution is 2.25. The Hall–Kier alpha value is -0.830. The topological polar surface area (TPSA) is 26.3 Å². The molecule has 0 N–H and O–H groups in total. The van der Waals surface area contributed by atoms with Gasteiger partial charge in [-0.05, 0) is 47.5 Å². The number of benzene rings is 1. The smallest absolute Gasteiger partial charge is 0.166 e. The first-order valence-electron chi connectivity index (χ1n) is 5.56. The fraction of sp³-hybridized carbons (Fsp3) is 0.462. The lowest BCUT2D eigenvalue weighted by Gasteiger charge is -2.10. The molecule has 1 atom stereocenters. The van der Waals surface area contributed by atoms with Crippen molar-refractivity contribution in [3.63, 3.8) is 0 Å². The van der Waals surface area contributed by atoms with Gasteiger partial charge < -0.3 is 4.74 Å². The van der Waals surface area contributed by atoms with Crippen LogP contribution in [0.2, 0.25) is 0 Å². The number of ketones is 1. The van der Waals surface area contributed by atoms with E-state index in [4.69, 9.17) is 4.74 Å². The molecule has 0 aliphatic rings. The Labute approximate surface area is 105 Å². The Balaban J connectivity index is 2.94. The van der Waals surface area contributed by atoms with Gasteiger partial charge in [-0.15, -0.1) is 0 Å². The normalized spacial score (nSPS) is 12.2. The lowest BCUT2D eigenvalue weighted by atomic mass is 9.97. The fourth-order valence-electron chi connectivity index (χ4n) is 1.40. The van der Waals surface area contributed by atoms with Crippen molar-refractivity contribution in [2.45, 2.75) is 27.2 Å². The summed E-state index contributed by atoms with van der Waals surface area (Å²) in [5.41, 5.74) is 0.734. The molecule has 0 saturated carbocycles. The third-order valence-corrected chi connectivity index (χ3v) is 3.23. The molecule has 0 amide bonds. The van der Waals surface area contributed by atoms with Gasteiger partial charge in [0.25, 0.3) is 0 Å². The number of ether oxygens (including phenoxy) is 1. The van der Waals surface area contributed by atoms with Crippen molar-refractivity contribution in [1.29, 1.82) is 0 Å². The minimum absolute atomic E-state index is 0.0641. The summed E-state index contributed by atoms with van der Waals surface area (Å²) in [5, 5.41) is 0. The maximum Gasteiger partial charge on any atom is 0.166 e. The molecule has 88 valence electrons. The molecule has 3 heteroatoms. The van der Waals surface area contributed by atoms with Gasteiger partial charge in [0.1, 0.15) is 5.75 Å².